The van der Waals surface area contributed by atoms with E-state index in [0.29, 0.717) is 6.42 Å². The number of carbonyl (C=O) groups excluding carboxylic acids is 1. The summed E-state index contributed by atoms with van der Waals surface area (Å²) in [6.45, 7) is 3.97. The molecule has 0 aromatic heterocycles. The summed E-state index contributed by atoms with van der Waals surface area (Å²) in [5.74, 6) is -0.0879. The second kappa shape index (κ2) is 6.77. The van der Waals surface area contributed by atoms with E-state index in [0.717, 1.165) is 16.5 Å². The lowest BCUT2D eigenvalue weighted by atomic mass is 10.1. The van der Waals surface area contributed by atoms with Crippen LogP contribution >= 0.6 is 15.9 Å². The topological polar surface area (TPSA) is 55.1 Å². The van der Waals surface area contributed by atoms with Crippen LogP contribution in [-0.2, 0) is 4.79 Å². The van der Waals surface area contributed by atoms with Gasteiger partial charge in [-0.3, -0.25) is 4.79 Å². The van der Waals surface area contributed by atoms with Crippen molar-refractivity contribution < 1.29 is 4.79 Å². The van der Waals surface area contributed by atoms with Crippen molar-refractivity contribution in [2.24, 2.45) is 5.73 Å². The van der Waals surface area contributed by atoms with Gasteiger partial charge in [0.2, 0.25) is 5.91 Å². The quantitative estimate of drug-likeness (QED) is 0.878. The van der Waals surface area contributed by atoms with Crippen molar-refractivity contribution in [3.05, 3.63) is 34.3 Å². The summed E-state index contributed by atoms with van der Waals surface area (Å²) in [7, 11) is 0. The Bertz CT molecular complexity index is 381. The number of hydrogen-bond acceptors (Lipinski definition) is 2. The molecule has 3 N–H and O–H groups in total. The highest BCUT2D eigenvalue weighted by atomic mass is 79.9. The standard InChI is InChI=1S/C13H19BrN2O/c1-3-6-12(15)13(17)16-9(2)10-7-4-5-8-11(10)14/h4-5,7-9,12H,3,6,15H2,1-2H3,(H,16,17)/t9-,12-/m0/s1. The lowest BCUT2D eigenvalue weighted by Gasteiger charge is -2.18. The van der Waals surface area contributed by atoms with Crippen LogP contribution in [0.15, 0.2) is 28.7 Å². The van der Waals surface area contributed by atoms with Crippen LogP contribution in [0.5, 0.6) is 0 Å². The highest BCUT2D eigenvalue weighted by Crippen LogP contribution is 2.22. The highest BCUT2D eigenvalue weighted by molar-refractivity contribution is 9.10. The summed E-state index contributed by atoms with van der Waals surface area (Å²) in [6, 6.07) is 7.40. The molecule has 94 valence electrons. The summed E-state index contributed by atoms with van der Waals surface area (Å²) in [6.07, 6.45) is 1.63. The van der Waals surface area contributed by atoms with E-state index >= 15 is 0 Å². The van der Waals surface area contributed by atoms with Crippen molar-refractivity contribution >= 4 is 21.8 Å². The first-order valence-corrected chi connectivity index (χ1v) is 6.66. The van der Waals surface area contributed by atoms with Crippen molar-refractivity contribution in [1.82, 2.24) is 5.32 Å². The molecule has 0 aliphatic heterocycles. The molecular formula is C13H19BrN2O. The molecule has 0 aliphatic carbocycles. The van der Waals surface area contributed by atoms with Gasteiger partial charge in [-0.1, -0.05) is 47.5 Å². The van der Waals surface area contributed by atoms with Gasteiger partial charge >= 0.3 is 0 Å². The number of halogens is 1. The number of carbonyl (C=O) groups is 1. The molecule has 0 heterocycles. The van der Waals surface area contributed by atoms with Crippen molar-refractivity contribution in [3.8, 4) is 0 Å². The Kier molecular flexibility index (Phi) is 5.65. The zero-order valence-electron chi connectivity index (χ0n) is 10.2. The monoisotopic (exact) mass is 298 g/mol. The Labute approximate surface area is 111 Å². The predicted octanol–water partition coefficient (Wildman–Crippen LogP) is 2.75. The van der Waals surface area contributed by atoms with Gasteiger partial charge in [-0.15, -0.1) is 0 Å². The maximum atomic E-state index is 11.8. The third kappa shape index (κ3) is 4.13. The summed E-state index contributed by atoms with van der Waals surface area (Å²) in [4.78, 5) is 11.8. The molecule has 0 bridgehead atoms. The molecule has 0 saturated carbocycles. The van der Waals surface area contributed by atoms with Gasteiger partial charge < -0.3 is 11.1 Å². The zero-order valence-corrected chi connectivity index (χ0v) is 11.8. The molecule has 1 aromatic carbocycles. The van der Waals surface area contributed by atoms with Crippen LogP contribution < -0.4 is 11.1 Å². The third-order valence-electron chi connectivity index (χ3n) is 2.67. The number of benzene rings is 1. The number of nitrogens with one attached hydrogen (secondary N) is 1. The molecule has 1 rings (SSSR count). The van der Waals surface area contributed by atoms with Crippen LogP contribution in [0.1, 0.15) is 38.3 Å². The van der Waals surface area contributed by atoms with Crippen LogP contribution in [0.2, 0.25) is 0 Å². The minimum Gasteiger partial charge on any atom is -0.348 e. The largest absolute Gasteiger partial charge is 0.348 e. The van der Waals surface area contributed by atoms with E-state index in [1.807, 2.05) is 38.1 Å². The third-order valence-corrected chi connectivity index (χ3v) is 3.39. The molecule has 1 amide bonds. The lowest BCUT2D eigenvalue weighted by molar-refractivity contribution is -0.123. The van der Waals surface area contributed by atoms with Gasteiger partial charge in [0, 0.05) is 4.47 Å². The molecule has 0 radical (unpaired) electrons. The fourth-order valence-electron chi connectivity index (χ4n) is 1.67. The fraction of sp³-hybridized carbons (Fsp3) is 0.462. The van der Waals surface area contributed by atoms with Gasteiger partial charge in [0.25, 0.3) is 0 Å². The summed E-state index contributed by atoms with van der Waals surface area (Å²) < 4.78 is 0.997. The van der Waals surface area contributed by atoms with Crippen LogP contribution in [0.4, 0.5) is 0 Å². The highest BCUT2D eigenvalue weighted by Gasteiger charge is 2.16. The normalized spacial score (nSPS) is 14.1. The molecule has 17 heavy (non-hydrogen) atoms. The number of hydrogen-bond donors (Lipinski definition) is 2. The zero-order chi connectivity index (χ0) is 12.8. The maximum Gasteiger partial charge on any atom is 0.237 e. The summed E-state index contributed by atoms with van der Waals surface area (Å²) in [5.41, 5.74) is 6.83. The van der Waals surface area contributed by atoms with E-state index in [2.05, 4.69) is 21.2 Å². The first kappa shape index (κ1) is 14.2. The molecule has 3 nitrogen and oxygen atoms in total. The Balaban J connectivity index is 2.63. The van der Waals surface area contributed by atoms with Gasteiger partial charge in [0.1, 0.15) is 0 Å². The first-order chi connectivity index (χ1) is 8.06. The molecule has 0 aliphatic rings. The number of rotatable bonds is 5. The van der Waals surface area contributed by atoms with Crippen molar-refractivity contribution in [1.29, 1.82) is 0 Å². The molecule has 4 heteroatoms. The van der Waals surface area contributed by atoms with E-state index in [1.165, 1.54) is 0 Å². The average Bonchev–Trinajstić information content (AvgIpc) is 2.29. The molecule has 0 fully saturated rings. The van der Waals surface area contributed by atoms with Crippen LogP contribution in [0.3, 0.4) is 0 Å². The van der Waals surface area contributed by atoms with Crippen LogP contribution in [0, 0.1) is 0 Å². The molecule has 2 atom stereocenters. The Morgan fingerprint density at radius 1 is 1.47 bits per heavy atom. The van der Waals surface area contributed by atoms with E-state index in [-0.39, 0.29) is 11.9 Å². The van der Waals surface area contributed by atoms with Gasteiger partial charge in [-0.05, 0) is 25.0 Å². The summed E-state index contributed by atoms with van der Waals surface area (Å²) >= 11 is 3.47. The van der Waals surface area contributed by atoms with E-state index in [9.17, 15) is 4.79 Å². The molecule has 0 saturated heterocycles. The fourth-order valence-corrected chi connectivity index (χ4v) is 2.29. The molecular weight excluding hydrogens is 280 g/mol. The lowest BCUT2D eigenvalue weighted by Crippen LogP contribution is -2.41. The molecule has 0 spiro atoms. The maximum absolute atomic E-state index is 11.8. The predicted molar refractivity (Wildman–Crippen MR) is 73.6 cm³/mol. The van der Waals surface area contributed by atoms with E-state index < -0.39 is 6.04 Å². The first-order valence-electron chi connectivity index (χ1n) is 5.86. The van der Waals surface area contributed by atoms with Gasteiger partial charge in [-0.2, -0.15) is 0 Å². The van der Waals surface area contributed by atoms with Gasteiger partial charge in [0.15, 0.2) is 0 Å². The second-order valence-corrected chi connectivity index (χ2v) is 5.00. The SMILES string of the molecule is CCC[C@H](N)C(=O)N[C@@H](C)c1ccccc1Br. The Morgan fingerprint density at radius 3 is 2.71 bits per heavy atom. The summed E-state index contributed by atoms with van der Waals surface area (Å²) in [5, 5.41) is 2.93. The van der Waals surface area contributed by atoms with Crippen molar-refractivity contribution in [2.75, 3.05) is 0 Å². The van der Waals surface area contributed by atoms with E-state index in [4.69, 9.17) is 5.73 Å². The van der Waals surface area contributed by atoms with Crippen LogP contribution in [-0.4, -0.2) is 11.9 Å². The second-order valence-electron chi connectivity index (χ2n) is 4.15. The number of amides is 1. The average molecular weight is 299 g/mol. The Morgan fingerprint density at radius 2 is 2.12 bits per heavy atom. The van der Waals surface area contributed by atoms with E-state index in [1.54, 1.807) is 0 Å². The van der Waals surface area contributed by atoms with Crippen molar-refractivity contribution in [3.63, 3.8) is 0 Å². The smallest absolute Gasteiger partial charge is 0.237 e. The Hall–Kier alpha value is -0.870. The van der Waals surface area contributed by atoms with Gasteiger partial charge in [0.05, 0.1) is 12.1 Å². The molecule has 0 unspecified atom stereocenters. The number of nitrogens with two attached hydrogens (primary N) is 1. The molecule has 1 aromatic rings. The van der Waals surface area contributed by atoms with Crippen LogP contribution in [0.25, 0.3) is 0 Å². The minimum atomic E-state index is -0.412. The van der Waals surface area contributed by atoms with Crippen molar-refractivity contribution in [2.45, 2.75) is 38.8 Å². The van der Waals surface area contributed by atoms with Gasteiger partial charge in [-0.25, -0.2) is 0 Å². The minimum absolute atomic E-state index is 0.0408.